The molecule has 30 heavy (non-hydrogen) atoms. The largest absolute Gasteiger partial charge is 0.340 e. The lowest BCUT2D eigenvalue weighted by molar-refractivity contribution is -0.119. The van der Waals surface area contributed by atoms with Gasteiger partial charge in [0.1, 0.15) is 5.54 Å². The topological polar surface area (TPSA) is 103 Å². The number of hydrogen-bond donors (Lipinski definition) is 1. The van der Waals surface area contributed by atoms with Crippen LogP contribution < -0.4 is 5.32 Å². The van der Waals surface area contributed by atoms with Crippen LogP contribution in [0.1, 0.15) is 65.6 Å². The molecule has 3 aromatic rings. The fourth-order valence-corrected chi connectivity index (χ4v) is 4.23. The molecule has 1 N–H and O–H groups in total. The third-order valence-corrected chi connectivity index (χ3v) is 5.74. The second-order valence-corrected chi connectivity index (χ2v) is 7.86. The number of carbonyl (C=O) groups excluding carboxylic acids is 2. The zero-order valence-corrected chi connectivity index (χ0v) is 17.4. The van der Waals surface area contributed by atoms with Crippen LogP contribution in [0.5, 0.6) is 0 Å². The number of benzene rings is 1. The normalized spacial score (nSPS) is 15.7. The molecular formula is C22H25N5O3. The summed E-state index contributed by atoms with van der Waals surface area (Å²) in [5, 5.41) is 11.5. The molecule has 8 nitrogen and oxygen atoms in total. The fraction of sp³-hybridized carbons (Fsp3) is 0.409. The molecule has 1 aromatic carbocycles. The van der Waals surface area contributed by atoms with Crippen molar-refractivity contribution in [2.75, 3.05) is 0 Å². The van der Waals surface area contributed by atoms with E-state index in [1.807, 2.05) is 30.3 Å². The molecule has 2 aromatic heterocycles. The van der Waals surface area contributed by atoms with Crippen molar-refractivity contribution in [2.24, 2.45) is 0 Å². The Labute approximate surface area is 174 Å². The van der Waals surface area contributed by atoms with Gasteiger partial charge in [0.2, 0.25) is 5.89 Å². The Kier molecular flexibility index (Phi) is 5.24. The second-order valence-electron chi connectivity index (χ2n) is 7.86. The Balaban J connectivity index is 1.64. The average molecular weight is 407 g/mol. The number of hydrogen-bond acceptors (Lipinski definition) is 6. The summed E-state index contributed by atoms with van der Waals surface area (Å²) in [6.07, 6.45) is 4.26. The highest BCUT2D eigenvalue weighted by Gasteiger charge is 2.41. The summed E-state index contributed by atoms with van der Waals surface area (Å²) in [7, 11) is 0. The minimum atomic E-state index is -0.778. The third kappa shape index (κ3) is 3.53. The number of aryl methyl sites for hydroxylation is 2. The van der Waals surface area contributed by atoms with E-state index in [0.29, 0.717) is 41.5 Å². The van der Waals surface area contributed by atoms with E-state index in [1.165, 1.54) is 0 Å². The minimum Gasteiger partial charge on any atom is -0.340 e. The molecule has 0 radical (unpaired) electrons. The lowest BCUT2D eigenvalue weighted by Crippen LogP contribution is -2.50. The van der Waals surface area contributed by atoms with Gasteiger partial charge in [-0.3, -0.25) is 9.59 Å². The lowest BCUT2D eigenvalue weighted by Gasteiger charge is -2.35. The highest BCUT2D eigenvalue weighted by atomic mass is 16.5. The molecule has 156 valence electrons. The maximum Gasteiger partial charge on any atom is 0.293 e. The first-order valence-corrected chi connectivity index (χ1v) is 10.2. The first kappa shape index (κ1) is 20.0. The summed E-state index contributed by atoms with van der Waals surface area (Å²) in [6, 6.07) is 9.53. The lowest BCUT2D eigenvalue weighted by atomic mass is 9.80. The standard InChI is InChI=1S/C22H25N5O3/c1-14-18(15(2)27(25-14)17-10-6-4-7-11-17)19(28)20(29)24-22(12-8-5-9-13-22)21-23-16(3)30-26-21/h4,6-7,10-11H,5,8-9,12-13H2,1-3H3,(H,24,29). The molecule has 1 fully saturated rings. The van der Waals surface area contributed by atoms with Crippen LogP contribution in [-0.2, 0) is 10.3 Å². The van der Waals surface area contributed by atoms with Crippen LogP contribution in [0.15, 0.2) is 34.9 Å². The molecule has 4 rings (SSSR count). The first-order chi connectivity index (χ1) is 14.4. The van der Waals surface area contributed by atoms with Gasteiger partial charge in [0.15, 0.2) is 5.82 Å². The highest BCUT2D eigenvalue weighted by Crippen LogP contribution is 2.36. The van der Waals surface area contributed by atoms with E-state index in [2.05, 4.69) is 20.6 Å². The zero-order chi connectivity index (χ0) is 21.3. The van der Waals surface area contributed by atoms with Crippen LogP contribution in [0.3, 0.4) is 0 Å². The van der Waals surface area contributed by atoms with Gasteiger partial charge in [-0.05, 0) is 38.8 Å². The molecule has 0 aliphatic heterocycles. The molecule has 0 atom stereocenters. The van der Waals surface area contributed by atoms with Crippen LogP contribution >= 0.6 is 0 Å². The number of nitrogens with zero attached hydrogens (tertiary/aromatic N) is 4. The van der Waals surface area contributed by atoms with Gasteiger partial charge >= 0.3 is 0 Å². The van der Waals surface area contributed by atoms with Crippen molar-refractivity contribution in [1.82, 2.24) is 25.2 Å². The first-order valence-electron chi connectivity index (χ1n) is 10.2. The van der Waals surface area contributed by atoms with Gasteiger partial charge in [0.05, 0.1) is 22.6 Å². The Morgan fingerprint density at radius 2 is 1.77 bits per heavy atom. The van der Waals surface area contributed by atoms with Crippen LogP contribution in [0.4, 0.5) is 0 Å². The molecule has 1 amide bonds. The molecule has 8 heteroatoms. The van der Waals surface area contributed by atoms with Crippen LogP contribution in [-0.4, -0.2) is 31.6 Å². The van der Waals surface area contributed by atoms with E-state index in [0.717, 1.165) is 24.9 Å². The molecule has 2 heterocycles. The van der Waals surface area contributed by atoms with Crippen molar-refractivity contribution >= 4 is 11.7 Å². The van der Waals surface area contributed by atoms with Gasteiger partial charge < -0.3 is 9.84 Å². The summed E-state index contributed by atoms with van der Waals surface area (Å²) >= 11 is 0. The summed E-state index contributed by atoms with van der Waals surface area (Å²) < 4.78 is 6.84. The summed E-state index contributed by atoms with van der Waals surface area (Å²) in [6.45, 7) is 5.25. The van der Waals surface area contributed by atoms with Crippen LogP contribution in [0.2, 0.25) is 0 Å². The predicted octanol–water partition coefficient (Wildman–Crippen LogP) is 3.34. The second kappa shape index (κ2) is 7.85. The molecule has 0 unspecified atom stereocenters. The number of aromatic nitrogens is 4. The van der Waals surface area contributed by atoms with Gasteiger partial charge in [0, 0.05) is 6.92 Å². The smallest absolute Gasteiger partial charge is 0.293 e. The number of Topliss-reactive ketones (excluding diaryl/α,β-unsaturated/α-hetero) is 1. The van der Waals surface area contributed by atoms with Crippen LogP contribution in [0, 0.1) is 20.8 Å². The van der Waals surface area contributed by atoms with E-state index in [-0.39, 0.29) is 0 Å². The van der Waals surface area contributed by atoms with Crippen molar-refractivity contribution in [3.8, 4) is 5.69 Å². The summed E-state index contributed by atoms with van der Waals surface area (Å²) in [4.78, 5) is 30.6. The maximum absolute atomic E-state index is 13.2. The van der Waals surface area contributed by atoms with Gasteiger partial charge in [-0.25, -0.2) is 4.68 Å². The number of para-hydroxylation sites is 1. The third-order valence-electron chi connectivity index (χ3n) is 5.74. The molecule has 1 aliphatic rings. The van der Waals surface area contributed by atoms with E-state index in [4.69, 9.17) is 4.52 Å². The molecular weight excluding hydrogens is 382 g/mol. The van der Waals surface area contributed by atoms with Gasteiger partial charge in [-0.1, -0.05) is 42.6 Å². The Morgan fingerprint density at radius 3 is 2.40 bits per heavy atom. The predicted molar refractivity (Wildman–Crippen MR) is 109 cm³/mol. The number of ketones is 1. The number of carbonyl (C=O) groups is 2. The average Bonchev–Trinajstić information content (AvgIpc) is 3.32. The van der Waals surface area contributed by atoms with Crippen LogP contribution in [0.25, 0.3) is 5.69 Å². The van der Waals surface area contributed by atoms with Gasteiger partial charge in [-0.2, -0.15) is 10.1 Å². The molecule has 1 aliphatic carbocycles. The van der Waals surface area contributed by atoms with Crippen molar-refractivity contribution in [3.63, 3.8) is 0 Å². The van der Waals surface area contributed by atoms with E-state index < -0.39 is 17.2 Å². The van der Waals surface area contributed by atoms with Gasteiger partial charge in [-0.15, -0.1) is 0 Å². The SMILES string of the molecule is Cc1nc(C2(NC(=O)C(=O)c3c(C)nn(-c4ccccc4)c3C)CCCCC2)no1. The quantitative estimate of drug-likeness (QED) is 0.514. The zero-order valence-electron chi connectivity index (χ0n) is 17.4. The fourth-order valence-electron chi connectivity index (χ4n) is 4.23. The van der Waals surface area contributed by atoms with Crippen molar-refractivity contribution in [1.29, 1.82) is 0 Å². The molecule has 0 saturated heterocycles. The van der Waals surface area contributed by atoms with E-state index >= 15 is 0 Å². The van der Waals surface area contributed by atoms with E-state index in [9.17, 15) is 9.59 Å². The van der Waals surface area contributed by atoms with Crippen molar-refractivity contribution < 1.29 is 14.1 Å². The Bertz CT molecular complexity index is 1080. The summed E-state index contributed by atoms with van der Waals surface area (Å²) in [5.41, 5.74) is 1.53. The highest BCUT2D eigenvalue weighted by molar-refractivity contribution is 6.43. The maximum atomic E-state index is 13.2. The van der Waals surface area contributed by atoms with E-state index in [1.54, 1.807) is 25.5 Å². The summed E-state index contributed by atoms with van der Waals surface area (Å²) in [5.74, 6) is -0.392. The number of rotatable bonds is 5. The minimum absolute atomic E-state index is 0.326. The van der Waals surface area contributed by atoms with Crippen molar-refractivity contribution in [3.05, 3.63) is 59.0 Å². The molecule has 0 spiro atoms. The monoisotopic (exact) mass is 407 g/mol. The van der Waals surface area contributed by atoms with Crippen molar-refractivity contribution in [2.45, 2.75) is 58.4 Å². The molecule has 1 saturated carbocycles. The number of nitrogens with one attached hydrogen (secondary N) is 1. The Morgan fingerprint density at radius 1 is 1.07 bits per heavy atom. The number of amides is 1. The Hall–Kier alpha value is -3.29. The van der Waals surface area contributed by atoms with Gasteiger partial charge in [0.25, 0.3) is 11.7 Å². The molecule has 0 bridgehead atoms.